The highest BCUT2D eigenvalue weighted by molar-refractivity contribution is 7.89. The number of rotatable bonds is 7. The molecule has 2 N–H and O–H groups in total. The van der Waals surface area contributed by atoms with Crippen molar-refractivity contribution in [3.63, 3.8) is 0 Å². The minimum atomic E-state index is -3.57. The van der Waals surface area contributed by atoms with Gasteiger partial charge >= 0.3 is 5.97 Å². The molecule has 0 radical (unpaired) electrons. The van der Waals surface area contributed by atoms with E-state index < -0.39 is 21.9 Å². The quantitative estimate of drug-likeness (QED) is 0.800. The number of carboxylic acids is 1. The maximum atomic E-state index is 12.2. The summed E-state index contributed by atoms with van der Waals surface area (Å²) in [4.78, 5) is 11.3. The highest BCUT2D eigenvalue weighted by Crippen LogP contribution is 2.24. The van der Waals surface area contributed by atoms with Crippen LogP contribution >= 0.6 is 0 Å². The fourth-order valence-corrected chi connectivity index (χ4v) is 2.92. The Morgan fingerprint density at radius 2 is 1.86 bits per heavy atom. The Bertz CT molecular complexity index is 597. The van der Waals surface area contributed by atoms with Gasteiger partial charge in [-0.15, -0.1) is 0 Å². The second-order valence-electron chi connectivity index (χ2n) is 5.35. The smallest absolute Gasteiger partial charge is 0.308 e. The molecule has 1 atom stereocenters. The zero-order chi connectivity index (χ0) is 16.2. The lowest BCUT2D eigenvalue weighted by Gasteiger charge is -2.20. The van der Waals surface area contributed by atoms with Gasteiger partial charge in [-0.25, -0.2) is 12.7 Å². The number of nitrogens with one attached hydrogen (secondary N) is 1. The molecule has 7 heteroatoms. The number of para-hydroxylation sites is 1. The molecule has 1 unspecified atom stereocenters. The van der Waals surface area contributed by atoms with Gasteiger partial charge in [-0.3, -0.25) is 4.79 Å². The van der Waals surface area contributed by atoms with E-state index in [1.165, 1.54) is 20.2 Å². The maximum absolute atomic E-state index is 12.2. The van der Waals surface area contributed by atoms with E-state index in [9.17, 15) is 18.3 Å². The molecule has 0 bridgehead atoms. The lowest BCUT2D eigenvalue weighted by atomic mass is 9.96. The molecule has 0 saturated heterocycles. The maximum Gasteiger partial charge on any atom is 0.308 e. The van der Waals surface area contributed by atoms with E-state index in [1.54, 1.807) is 18.2 Å². The highest BCUT2D eigenvalue weighted by atomic mass is 32.2. The summed E-state index contributed by atoms with van der Waals surface area (Å²) in [7, 11) is -0.655. The van der Waals surface area contributed by atoms with Gasteiger partial charge in [0.05, 0.1) is 11.6 Å². The summed E-state index contributed by atoms with van der Waals surface area (Å²) in [5, 5.41) is 12.1. The van der Waals surface area contributed by atoms with E-state index in [0.29, 0.717) is 5.69 Å². The molecule has 0 aliphatic heterocycles. The summed E-state index contributed by atoms with van der Waals surface area (Å²) >= 11 is 0. The lowest BCUT2D eigenvalue weighted by Crippen LogP contribution is -2.29. The van der Waals surface area contributed by atoms with Gasteiger partial charge in [0, 0.05) is 20.6 Å². The monoisotopic (exact) mass is 314 g/mol. The van der Waals surface area contributed by atoms with Gasteiger partial charge < -0.3 is 10.4 Å². The Labute approximate surface area is 125 Å². The minimum Gasteiger partial charge on any atom is -0.481 e. The van der Waals surface area contributed by atoms with E-state index in [1.807, 2.05) is 13.8 Å². The lowest BCUT2D eigenvalue weighted by molar-refractivity contribution is -0.142. The minimum absolute atomic E-state index is 0.0485. The fourth-order valence-electron chi connectivity index (χ4n) is 1.86. The third-order valence-electron chi connectivity index (χ3n) is 3.28. The molecule has 0 saturated carbocycles. The van der Waals surface area contributed by atoms with Gasteiger partial charge in [0.2, 0.25) is 10.0 Å². The Morgan fingerprint density at radius 3 is 2.33 bits per heavy atom. The summed E-state index contributed by atoms with van der Waals surface area (Å²) in [5.74, 6) is -1.53. The average molecular weight is 314 g/mol. The van der Waals surface area contributed by atoms with Crippen LogP contribution in [0.2, 0.25) is 0 Å². The van der Waals surface area contributed by atoms with Crippen molar-refractivity contribution >= 4 is 21.7 Å². The number of anilines is 1. The van der Waals surface area contributed by atoms with Crippen molar-refractivity contribution in [1.29, 1.82) is 0 Å². The van der Waals surface area contributed by atoms with Crippen molar-refractivity contribution in [1.82, 2.24) is 4.31 Å². The largest absolute Gasteiger partial charge is 0.481 e. The van der Waals surface area contributed by atoms with Crippen molar-refractivity contribution in [2.45, 2.75) is 18.7 Å². The number of hydrogen-bond acceptors (Lipinski definition) is 4. The first kappa shape index (κ1) is 17.5. The Kier molecular flexibility index (Phi) is 5.74. The number of carbonyl (C=O) groups is 1. The van der Waals surface area contributed by atoms with Crippen LogP contribution in [0, 0.1) is 11.8 Å². The van der Waals surface area contributed by atoms with E-state index in [2.05, 4.69) is 5.32 Å². The third-order valence-corrected chi connectivity index (χ3v) is 5.15. The fraction of sp³-hybridized carbons (Fsp3) is 0.500. The van der Waals surface area contributed by atoms with Gasteiger partial charge in [0.1, 0.15) is 4.90 Å². The van der Waals surface area contributed by atoms with Crippen LogP contribution < -0.4 is 5.32 Å². The molecule has 0 amide bonds. The van der Waals surface area contributed by atoms with Crippen molar-refractivity contribution in [3.8, 4) is 0 Å². The summed E-state index contributed by atoms with van der Waals surface area (Å²) in [6, 6.07) is 6.49. The first-order chi connectivity index (χ1) is 9.67. The van der Waals surface area contributed by atoms with Crippen LogP contribution in [0.3, 0.4) is 0 Å². The van der Waals surface area contributed by atoms with Crippen LogP contribution in [0.15, 0.2) is 29.2 Å². The Balaban J connectivity index is 3.03. The second-order valence-corrected chi connectivity index (χ2v) is 7.47. The van der Waals surface area contributed by atoms with Gasteiger partial charge in [-0.1, -0.05) is 26.0 Å². The Hall–Kier alpha value is -1.60. The van der Waals surface area contributed by atoms with Crippen LogP contribution in [-0.4, -0.2) is 44.4 Å². The molecule has 6 nitrogen and oxygen atoms in total. The number of nitrogens with zero attached hydrogens (tertiary/aromatic N) is 1. The zero-order valence-electron chi connectivity index (χ0n) is 12.7. The van der Waals surface area contributed by atoms with Crippen molar-refractivity contribution in [2.75, 3.05) is 26.0 Å². The third kappa shape index (κ3) is 4.18. The van der Waals surface area contributed by atoms with E-state index in [-0.39, 0.29) is 17.4 Å². The summed E-state index contributed by atoms with van der Waals surface area (Å²) in [5.41, 5.74) is 0.415. The zero-order valence-corrected chi connectivity index (χ0v) is 13.5. The van der Waals surface area contributed by atoms with Gasteiger partial charge in [0.15, 0.2) is 0 Å². The van der Waals surface area contributed by atoms with Gasteiger partial charge in [0.25, 0.3) is 0 Å². The predicted molar refractivity (Wildman–Crippen MR) is 81.8 cm³/mol. The van der Waals surface area contributed by atoms with E-state index in [4.69, 9.17) is 0 Å². The summed E-state index contributed by atoms with van der Waals surface area (Å²) in [6.07, 6.45) is 0. The number of carboxylic acid groups (broad SMARTS) is 1. The van der Waals surface area contributed by atoms with Crippen LogP contribution in [0.4, 0.5) is 5.69 Å². The summed E-state index contributed by atoms with van der Waals surface area (Å²) < 4.78 is 25.6. The number of sulfonamides is 1. The molecule has 118 valence electrons. The van der Waals surface area contributed by atoms with E-state index in [0.717, 1.165) is 4.31 Å². The molecule has 0 heterocycles. The molecular weight excluding hydrogens is 292 g/mol. The SMILES string of the molecule is CC(C)C(CNc1ccccc1S(=O)(=O)N(C)C)C(=O)O. The topological polar surface area (TPSA) is 86.7 Å². The van der Waals surface area contributed by atoms with Crippen LogP contribution in [0.1, 0.15) is 13.8 Å². The highest BCUT2D eigenvalue weighted by Gasteiger charge is 2.24. The molecule has 1 rings (SSSR count). The first-order valence-corrected chi connectivity index (χ1v) is 8.10. The number of aliphatic carboxylic acids is 1. The first-order valence-electron chi connectivity index (χ1n) is 6.66. The normalized spacial score (nSPS) is 13.4. The van der Waals surface area contributed by atoms with Crippen molar-refractivity contribution in [2.24, 2.45) is 11.8 Å². The molecule has 0 aliphatic carbocycles. The van der Waals surface area contributed by atoms with Gasteiger partial charge in [-0.2, -0.15) is 0 Å². The molecule has 0 aliphatic rings. The van der Waals surface area contributed by atoms with Gasteiger partial charge in [-0.05, 0) is 18.1 Å². The molecule has 1 aromatic carbocycles. The van der Waals surface area contributed by atoms with Crippen LogP contribution in [-0.2, 0) is 14.8 Å². The predicted octanol–water partition coefficient (Wildman–Crippen LogP) is 1.71. The standard InChI is InChI=1S/C14H22N2O4S/c1-10(2)11(14(17)18)9-15-12-7-5-6-8-13(12)21(19,20)16(3)4/h5-8,10-11,15H,9H2,1-4H3,(H,17,18). The number of hydrogen-bond donors (Lipinski definition) is 2. The molecule has 1 aromatic rings. The molecule has 0 aromatic heterocycles. The Morgan fingerprint density at radius 1 is 1.29 bits per heavy atom. The molecule has 0 fully saturated rings. The second kappa shape index (κ2) is 6.91. The number of benzene rings is 1. The van der Waals surface area contributed by atoms with Crippen LogP contribution in [0.5, 0.6) is 0 Å². The van der Waals surface area contributed by atoms with E-state index >= 15 is 0 Å². The van der Waals surface area contributed by atoms with Crippen molar-refractivity contribution < 1.29 is 18.3 Å². The molecule has 21 heavy (non-hydrogen) atoms. The molecule has 0 spiro atoms. The van der Waals surface area contributed by atoms with Crippen molar-refractivity contribution in [3.05, 3.63) is 24.3 Å². The van der Waals surface area contributed by atoms with Crippen LogP contribution in [0.25, 0.3) is 0 Å². The molecular formula is C14H22N2O4S. The summed E-state index contributed by atoms with van der Waals surface area (Å²) in [6.45, 7) is 3.82. The average Bonchev–Trinajstić information content (AvgIpc) is 2.38.